The van der Waals surface area contributed by atoms with Crippen LogP contribution in [0, 0.1) is 11.3 Å². The number of morpholine rings is 1. The second-order valence-electron chi connectivity index (χ2n) is 10.9. The first-order chi connectivity index (χ1) is 20.4. The van der Waals surface area contributed by atoms with Gasteiger partial charge < -0.3 is 29.7 Å². The van der Waals surface area contributed by atoms with E-state index >= 15 is 0 Å². The molecule has 0 saturated carbocycles. The van der Waals surface area contributed by atoms with E-state index in [4.69, 9.17) is 9.47 Å². The highest BCUT2D eigenvalue weighted by Gasteiger charge is 2.35. The van der Waals surface area contributed by atoms with Gasteiger partial charge in [0.05, 0.1) is 24.3 Å². The zero-order valence-corrected chi connectivity index (χ0v) is 23.2. The molecule has 3 unspecified atom stereocenters. The summed E-state index contributed by atoms with van der Waals surface area (Å²) in [6.07, 6.45) is 1.06. The summed E-state index contributed by atoms with van der Waals surface area (Å²) >= 11 is 0. The number of carbonyl (C=O) groups excluding carboxylic acids is 1. The summed E-state index contributed by atoms with van der Waals surface area (Å²) in [5.74, 6) is 0.449. The van der Waals surface area contributed by atoms with Crippen LogP contribution in [0.25, 0.3) is 11.4 Å². The van der Waals surface area contributed by atoms with Gasteiger partial charge in [-0.1, -0.05) is 0 Å². The molecule has 4 heterocycles. The average Bonchev–Trinajstić information content (AvgIpc) is 3.35. The van der Waals surface area contributed by atoms with E-state index in [1.165, 1.54) is 18.2 Å². The average molecular weight is 574 g/mol. The molecule has 2 N–H and O–H groups in total. The minimum Gasteiger partial charge on any atom is -0.486 e. The SMILES string of the molecule is CC(O)C(=O)N1CC[C@H](Oc2ccc(-c3ncnc(Nc4ccc(N5CC6CCC(C5)O6)cc4)n3)cc2C#N)[C@H](F)C1. The van der Waals surface area contributed by atoms with Crippen molar-refractivity contribution in [1.82, 2.24) is 19.9 Å². The van der Waals surface area contributed by atoms with Crippen LogP contribution in [0.1, 0.15) is 31.7 Å². The number of ether oxygens (including phenoxy) is 2. The summed E-state index contributed by atoms with van der Waals surface area (Å²) in [7, 11) is 0. The van der Waals surface area contributed by atoms with Crippen LogP contribution in [-0.4, -0.2) is 87.6 Å². The number of alkyl halides is 1. The Balaban J connectivity index is 1.11. The van der Waals surface area contributed by atoms with Gasteiger partial charge in [-0.2, -0.15) is 10.2 Å². The number of amides is 1. The van der Waals surface area contributed by atoms with Gasteiger partial charge in [-0.25, -0.2) is 14.4 Å². The van der Waals surface area contributed by atoms with E-state index in [1.54, 1.807) is 18.2 Å². The smallest absolute Gasteiger partial charge is 0.251 e. The van der Waals surface area contributed by atoms with E-state index in [1.807, 2.05) is 12.1 Å². The van der Waals surface area contributed by atoms with Gasteiger partial charge in [-0.05, 0) is 62.2 Å². The van der Waals surface area contributed by atoms with Crippen LogP contribution in [0.2, 0.25) is 0 Å². The molecule has 3 aromatic rings. The van der Waals surface area contributed by atoms with Gasteiger partial charge in [0.25, 0.3) is 5.91 Å². The number of nitrogens with one attached hydrogen (secondary N) is 1. The molecule has 3 fully saturated rings. The van der Waals surface area contributed by atoms with Gasteiger partial charge in [-0.3, -0.25) is 4.79 Å². The van der Waals surface area contributed by atoms with Gasteiger partial charge >= 0.3 is 0 Å². The number of nitrogens with zero attached hydrogens (tertiary/aromatic N) is 6. The molecule has 218 valence electrons. The number of benzene rings is 2. The number of anilines is 3. The Labute approximate surface area is 242 Å². The third-order valence-electron chi connectivity index (χ3n) is 7.89. The van der Waals surface area contributed by atoms with E-state index in [2.05, 4.69) is 43.4 Å². The van der Waals surface area contributed by atoms with Crippen LogP contribution in [0.5, 0.6) is 5.75 Å². The first-order valence-corrected chi connectivity index (χ1v) is 14.1. The number of hydrogen-bond acceptors (Lipinski definition) is 10. The predicted octanol–water partition coefficient (Wildman–Crippen LogP) is 3.22. The summed E-state index contributed by atoms with van der Waals surface area (Å²) in [6, 6.07) is 15.1. The minimum absolute atomic E-state index is 0.175. The Hall–Kier alpha value is -4.34. The first-order valence-electron chi connectivity index (χ1n) is 14.1. The molecule has 6 rings (SSSR count). The number of aromatic nitrogens is 3. The van der Waals surface area contributed by atoms with Crippen LogP contribution in [-0.2, 0) is 9.53 Å². The normalized spacial score (nSPS) is 24.1. The summed E-state index contributed by atoms with van der Waals surface area (Å²) in [4.78, 5) is 28.7. The lowest BCUT2D eigenvalue weighted by molar-refractivity contribution is -0.143. The van der Waals surface area contributed by atoms with Gasteiger partial charge in [0, 0.05) is 43.0 Å². The monoisotopic (exact) mass is 573 g/mol. The lowest BCUT2D eigenvalue weighted by Gasteiger charge is -2.35. The van der Waals surface area contributed by atoms with E-state index in [-0.39, 0.29) is 30.8 Å². The minimum atomic E-state index is -1.46. The van der Waals surface area contributed by atoms with Crippen LogP contribution in [0.4, 0.5) is 21.7 Å². The van der Waals surface area contributed by atoms with Crippen molar-refractivity contribution in [2.45, 2.75) is 56.8 Å². The van der Waals surface area contributed by atoms with E-state index in [0.29, 0.717) is 29.5 Å². The predicted molar refractivity (Wildman–Crippen MR) is 152 cm³/mol. The number of piperidine rings is 1. The lowest BCUT2D eigenvalue weighted by Crippen LogP contribution is -2.51. The molecule has 42 heavy (non-hydrogen) atoms. The molecule has 1 amide bonds. The van der Waals surface area contributed by atoms with Crippen molar-refractivity contribution in [2.24, 2.45) is 0 Å². The molecule has 3 aliphatic heterocycles. The highest BCUT2D eigenvalue weighted by Crippen LogP contribution is 2.31. The Kier molecular flexibility index (Phi) is 7.86. The topological polar surface area (TPSA) is 137 Å². The Morgan fingerprint density at radius 2 is 1.90 bits per heavy atom. The molecular weight excluding hydrogens is 541 g/mol. The summed E-state index contributed by atoms with van der Waals surface area (Å²) in [6.45, 7) is 3.26. The Morgan fingerprint density at radius 3 is 2.60 bits per heavy atom. The van der Waals surface area contributed by atoms with Crippen LogP contribution >= 0.6 is 0 Å². The summed E-state index contributed by atoms with van der Waals surface area (Å²) in [5, 5.41) is 22.5. The number of halogens is 1. The fraction of sp³-hybridized carbons (Fsp3) is 0.433. The molecule has 2 aromatic carbocycles. The molecule has 2 bridgehead atoms. The van der Waals surface area contributed by atoms with Crippen LogP contribution in [0.15, 0.2) is 48.8 Å². The van der Waals surface area contributed by atoms with Crippen molar-refractivity contribution in [2.75, 3.05) is 36.4 Å². The summed E-state index contributed by atoms with van der Waals surface area (Å²) < 4.78 is 26.6. The number of nitriles is 1. The maximum Gasteiger partial charge on any atom is 0.251 e. The first kappa shape index (κ1) is 27.8. The number of rotatable bonds is 7. The lowest BCUT2D eigenvalue weighted by atomic mass is 10.0. The van der Waals surface area contributed by atoms with Crippen molar-refractivity contribution in [3.05, 3.63) is 54.4 Å². The Morgan fingerprint density at radius 1 is 1.14 bits per heavy atom. The van der Waals surface area contributed by atoms with Gasteiger partial charge in [0.15, 0.2) is 12.0 Å². The third kappa shape index (κ3) is 5.98. The fourth-order valence-corrected chi connectivity index (χ4v) is 5.71. The van der Waals surface area contributed by atoms with Crippen LogP contribution < -0.4 is 15.0 Å². The second-order valence-corrected chi connectivity index (χ2v) is 10.9. The molecule has 0 radical (unpaired) electrons. The van der Waals surface area contributed by atoms with Crippen molar-refractivity contribution in [1.29, 1.82) is 5.26 Å². The standard InChI is InChI=1S/C30H32FN7O4/c1-18(39)29(40)37-11-10-27(25(31)16-37)42-26-9-2-19(12-20(26)13-32)28-33-17-34-30(36-28)35-21-3-5-22(6-4-21)38-14-23-7-8-24(15-38)41-23/h2-6,9,12,17-18,23-25,27,39H,7-8,10-11,14-16H2,1H3,(H,33,34,35,36)/t18?,23?,24?,25-,27+/m1/s1. The van der Waals surface area contributed by atoms with Crippen molar-refractivity contribution >= 4 is 23.2 Å². The largest absolute Gasteiger partial charge is 0.486 e. The second kappa shape index (κ2) is 11.9. The molecule has 0 aliphatic carbocycles. The van der Waals surface area contributed by atoms with Crippen molar-refractivity contribution in [3.8, 4) is 23.2 Å². The van der Waals surface area contributed by atoms with E-state index in [0.717, 1.165) is 37.3 Å². The number of likely N-dealkylation sites (tertiary alicyclic amines) is 1. The highest BCUT2D eigenvalue weighted by molar-refractivity contribution is 5.80. The van der Waals surface area contributed by atoms with Gasteiger partial charge in [0.2, 0.25) is 5.95 Å². The molecule has 3 aliphatic rings. The molecular formula is C30H32FN7O4. The van der Waals surface area contributed by atoms with E-state index < -0.39 is 24.3 Å². The van der Waals surface area contributed by atoms with Crippen LogP contribution in [0.3, 0.4) is 0 Å². The maximum atomic E-state index is 14.8. The van der Waals surface area contributed by atoms with E-state index in [9.17, 15) is 19.6 Å². The molecule has 1 aromatic heterocycles. The number of aliphatic hydroxyl groups excluding tert-OH is 1. The number of fused-ring (bicyclic) bond motifs is 2. The number of hydrogen-bond donors (Lipinski definition) is 2. The quantitative estimate of drug-likeness (QED) is 0.434. The zero-order valence-electron chi connectivity index (χ0n) is 23.2. The highest BCUT2D eigenvalue weighted by atomic mass is 19.1. The molecule has 12 heteroatoms. The molecule has 0 spiro atoms. The van der Waals surface area contributed by atoms with Crippen molar-refractivity contribution in [3.63, 3.8) is 0 Å². The third-order valence-corrected chi connectivity index (χ3v) is 7.89. The van der Waals surface area contributed by atoms with Gasteiger partial charge in [-0.15, -0.1) is 0 Å². The van der Waals surface area contributed by atoms with Gasteiger partial charge in [0.1, 0.15) is 30.4 Å². The molecule has 3 saturated heterocycles. The summed E-state index contributed by atoms with van der Waals surface area (Å²) in [5.41, 5.74) is 2.77. The Bertz CT molecular complexity index is 1470. The number of aliphatic hydroxyl groups is 1. The van der Waals surface area contributed by atoms with Crippen molar-refractivity contribution < 1.29 is 23.8 Å². The molecule has 11 nitrogen and oxygen atoms in total. The molecule has 5 atom stereocenters. The maximum absolute atomic E-state index is 14.8. The number of carbonyl (C=O) groups is 1. The zero-order chi connectivity index (χ0) is 29.2. The fourth-order valence-electron chi connectivity index (χ4n) is 5.71.